The van der Waals surface area contributed by atoms with Gasteiger partial charge in [0.25, 0.3) is 5.95 Å². The molecule has 24 heavy (non-hydrogen) atoms. The molecule has 0 spiro atoms. The maximum atomic E-state index is 6.14. The van der Waals surface area contributed by atoms with E-state index in [4.69, 9.17) is 11.6 Å². The standard InChI is InChI=1S/C16H13N7S/c17-14-13-12-10(19-15(13)21-16(20-14)22-23-18)7-4-8-11(12)24-9-5-2-1-3-6-9/h1-8H,(H5,17,18,19,20,21,22). The molecule has 2 aromatic heterocycles. The molecule has 0 aliphatic heterocycles. The highest BCUT2D eigenvalue weighted by molar-refractivity contribution is 7.99. The summed E-state index contributed by atoms with van der Waals surface area (Å²) in [6.45, 7) is 0. The van der Waals surface area contributed by atoms with E-state index in [9.17, 15) is 0 Å². The normalized spacial score (nSPS) is 11.7. The Morgan fingerprint density at radius 2 is 1.79 bits per heavy atom. The minimum atomic E-state index is 0.131. The van der Waals surface area contributed by atoms with E-state index in [-0.39, 0.29) is 5.95 Å². The average molecular weight is 335 g/mol. The number of nitrogens with two attached hydrogens (primary N) is 2. The summed E-state index contributed by atoms with van der Waals surface area (Å²) in [5, 5.41) is 8.63. The van der Waals surface area contributed by atoms with Gasteiger partial charge in [0, 0.05) is 20.7 Å². The van der Waals surface area contributed by atoms with Gasteiger partial charge in [0.05, 0.1) is 5.39 Å². The summed E-state index contributed by atoms with van der Waals surface area (Å²) < 4.78 is 0. The molecule has 0 fully saturated rings. The van der Waals surface area contributed by atoms with E-state index in [2.05, 4.69) is 43.5 Å². The molecule has 8 heteroatoms. The van der Waals surface area contributed by atoms with Gasteiger partial charge < -0.3 is 16.6 Å². The number of fused-ring (bicyclic) bond motifs is 3. The summed E-state index contributed by atoms with van der Waals surface area (Å²) in [6.07, 6.45) is 0. The monoisotopic (exact) mass is 335 g/mol. The molecule has 0 radical (unpaired) electrons. The Morgan fingerprint density at radius 1 is 0.958 bits per heavy atom. The lowest BCUT2D eigenvalue weighted by molar-refractivity contribution is 1.00. The van der Waals surface area contributed by atoms with Gasteiger partial charge in [-0.1, -0.05) is 46.4 Å². The van der Waals surface area contributed by atoms with Gasteiger partial charge in [-0.25, -0.2) is 0 Å². The number of nitrogens with one attached hydrogen (secondary N) is 1. The first-order chi connectivity index (χ1) is 11.8. The molecule has 0 unspecified atom stereocenters. The Balaban J connectivity index is 1.95. The minimum absolute atomic E-state index is 0.131. The van der Waals surface area contributed by atoms with Crippen LogP contribution in [0.25, 0.3) is 21.9 Å². The molecule has 4 rings (SSSR count). The number of aromatic amines is 1. The van der Waals surface area contributed by atoms with Crippen LogP contribution in [0.2, 0.25) is 0 Å². The van der Waals surface area contributed by atoms with Crippen molar-refractivity contribution >= 4 is 45.5 Å². The van der Waals surface area contributed by atoms with Crippen LogP contribution in [0, 0.1) is 0 Å². The van der Waals surface area contributed by atoms with Crippen LogP contribution in [-0.4, -0.2) is 15.0 Å². The summed E-state index contributed by atoms with van der Waals surface area (Å²) in [6, 6.07) is 16.2. The minimum Gasteiger partial charge on any atom is -0.383 e. The highest BCUT2D eigenvalue weighted by Gasteiger charge is 2.15. The number of anilines is 1. The molecule has 118 valence electrons. The Kier molecular flexibility index (Phi) is 3.51. The van der Waals surface area contributed by atoms with E-state index in [0.717, 1.165) is 26.1 Å². The van der Waals surface area contributed by atoms with Gasteiger partial charge in [0.2, 0.25) is 0 Å². The zero-order valence-corrected chi connectivity index (χ0v) is 13.3. The van der Waals surface area contributed by atoms with Crippen LogP contribution in [0.1, 0.15) is 0 Å². The van der Waals surface area contributed by atoms with E-state index in [1.165, 1.54) is 0 Å². The fourth-order valence-electron chi connectivity index (χ4n) is 2.62. The molecule has 2 heterocycles. The van der Waals surface area contributed by atoms with Crippen LogP contribution >= 0.6 is 11.8 Å². The second-order valence-corrected chi connectivity index (χ2v) is 6.18. The number of rotatable bonds is 3. The van der Waals surface area contributed by atoms with E-state index < -0.39 is 0 Å². The second kappa shape index (κ2) is 5.82. The van der Waals surface area contributed by atoms with Crippen LogP contribution < -0.4 is 11.6 Å². The first-order valence-electron chi connectivity index (χ1n) is 7.18. The smallest absolute Gasteiger partial charge is 0.274 e. The summed E-state index contributed by atoms with van der Waals surface area (Å²) in [5.74, 6) is 5.54. The molecule has 0 amide bonds. The van der Waals surface area contributed by atoms with Gasteiger partial charge in [0.1, 0.15) is 11.5 Å². The third kappa shape index (κ3) is 2.42. The van der Waals surface area contributed by atoms with Crippen molar-refractivity contribution in [2.45, 2.75) is 9.79 Å². The van der Waals surface area contributed by atoms with Gasteiger partial charge in [-0.15, -0.1) is 0 Å². The van der Waals surface area contributed by atoms with Gasteiger partial charge in [0.15, 0.2) is 0 Å². The van der Waals surface area contributed by atoms with Crippen molar-refractivity contribution in [3.05, 3.63) is 48.5 Å². The Labute approximate surface area is 141 Å². The molecule has 0 saturated heterocycles. The topological polar surface area (TPSA) is 118 Å². The van der Waals surface area contributed by atoms with Crippen molar-refractivity contribution in [1.82, 2.24) is 15.0 Å². The summed E-state index contributed by atoms with van der Waals surface area (Å²) in [7, 11) is 0. The molecule has 0 saturated carbocycles. The van der Waals surface area contributed by atoms with Crippen molar-refractivity contribution < 1.29 is 0 Å². The Morgan fingerprint density at radius 3 is 2.58 bits per heavy atom. The third-order valence-corrected chi connectivity index (χ3v) is 4.64. The van der Waals surface area contributed by atoms with Gasteiger partial charge in [-0.3, -0.25) is 0 Å². The third-order valence-electron chi connectivity index (χ3n) is 3.57. The predicted molar refractivity (Wildman–Crippen MR) is 95.1 cm³/mol. The van der Waals surface area contributed by atoms with Crippen LogP contribution in [0.4, 0.5) is 11.8 Å². The molecule has 4 aromatic rings. The van der Waals surface area contributed by atoms with Crippen LogP contribution in [-0.2, 0) is 0 Å². The lowest BCUT2D eigenvalue weighted by Crippen LogP contribution is -1.93. The largest absolute Gasteiger partial charge is 0.383 e. The number of aromatic nitrogens is 3. The van der Waals surface area contributed by atoms with Crippen molar-refractivity contribution in [2.75, 3.05) is 5.73 Å². The lowest BCUT2D eigenvalue weighted by atomic mass is 10.2. The molecular formula is C16H13N7S. The molecule has 2 aromatic carbocycles. The van der Waals surface area contributed by atoms with Crippen molar-refractivity contribution in [1.29, 1.82) is 0 Å². The predicted octanol–water partition coefficient (Wildman–Crippen LogP) is 3.80. The molecule has 0 bridgehead atoms. The van der Waals surface area contributed by atoms with Gasteiger partial charge in [-0.2, -0.15) is 9.97 Å². The number of nitrogens with zero attached hydrogens (tertiary/aromatic N) is 4. The maximum absolute atomic E-state index is 6.14. The number of hydrogen-bond acceptors (Lipinski definition) is 6. The number of H-pyrrole nitrogens is 1. The molecule has 0 atom stereocenters. The van der Waals surface area contributed by atoms with Crippen LogP contribution in [0.15, 0.2) is 68.7 Å². The zero-order chi connectivity index (χ0) is 16.5. The molecule has 0 aliphatic carbocycles. The summed E-state index contributed by atoms with van der Waals surface area (Å²) in [4.78, 5) is 14.0. The summed E-state index contributed by atoms with van der Waals surface area (Å²) >= 11 is 1.67. The van der Waals surface area contributed by atoms with E-state index in [0.29, 0.717) is 11.5 Å². The van der Waals surface area contributed by atoms with Crippen molar-refractivity contribution in [2.24, 2.45) is 16.2 Å². The second-order valence-electron chi connectivity index (χ2n) is 5.07. The molecule has 7 nitrogen and oxygen atoms in total. The fraction of sp³-hybridized carbons (Fsp3) is 0. The molecule has 5 N–H and O–H groups in total. The van der Waals surface area contributed by atoms with E-state index in [1.807, 2.05) is 30.3 Å². The van der Waals surface area contributed by atoms with E-state index >= 15 is 0 Å². The average Bonchev–Trinajstić information content (AvgIpc) is 2.96. The SMILES string of the molecule is NN=Nc1nc(N)c2c(n1)[nH]c1cccc(Sc3ccccc3)c12. The Hall–Kier alpha value is -3.13. The van der Waals surface area contributed by atoms with Crippen molar-refractivity contribution in [3.63, 3.8) is 0 Å². The number of nitrogen functional groups attached to an aromatic ring is 1. The van der Waals surface area contributed by atoms with Gasteiger partial charge >= 0.3 is 0 Å². The quantitative estimate of drug-likeness (QED) is 0.299. The van der Waals surface area contributed by atoms with Crippen LogP contribution in [0.5, 0.6) is 0 Å². The fourth-order valence-corrected chi connectivity index (χ4v) is 3.63. The van der Waals surface area contributed by atoms with Gasteiger partial charge in [-0.05, 0) is 24.3 Å². The van der Waals surface area contributed by atoms with Crippen molar-refractivity contribution in [3.8, 4) is 0 Å². The number of hydrogen-bond donors (Lipinski definition) is 3. The zero-order valence-electron chi connectivity index (χ0n) is 12.5. The molecule has 0 aliphatic rings. The Bertz CT molecular complexity index is 1060. The van der Waals surface area contributed by atoms with Crippen LogP contribution in [0.3, 0.4) is 0 Å². The lowest BCUT2D eigenvalue weighted by Gasteiger charge is -2.04. The number of benzene rings is 2. The highest BCUT2D eigenvalue weighted by Crippen LogP contribution is 2.39. The summed E-state index contributed by atoms with van der Waals surface area (Å²) in [5.41, 5.74) is 7.69. The van der Waals surface area contributed by atoms with E-state index in [1.54, 1.807) is 11.8 Å². The first kappa shape index (κ1) is 14.5. The first-order valence-corrected chi connectivity index (χ1v) is 7.99. The molecular weight excluding hydrogens is 322 g/mol. The highest BCUT2D eigenvalue weighted by atomic mass is 32.2. The maximum Gasteiger partial charge on any atom is 0.274 e.